The summed E-state index contributed by atoms with van der Waals surface area (Å²) in [6.07, 6.45) is 1.61. The molecule has 45 heavy (non-hydrogen) atoms. The number of hydrogen-bond acceptors (Lipinski definition) is 5. The molecule has 0 atom stereocenters. The van der Waals surface area contributed by atoms with Gasteiger partial charge in [-0.25, -0.2) is 4.79 Å². The second-order valence-corrected chi connectivity index (χ2v) is 12.7. The Bertz CT molecular complexity index is 1670. The summed E-state index contributed by atoms with van der Waals surface area (Å²) in [6.45, 7) is 8.93. The topological polar surface area (TPSA) is 51.2 Å². The lowest BCUT2D eigenvalue weighted by atomic mass is 9.79. The second kappa shape index (κ2) is 13.1. The van der Waals surface area contributed by atoms with Gasteiger partial charge < -0.3 is 24.0 Å². The molecule has 4 aromatic rings. The Morgan fingerprint density at radius 3 is 2.16 bits per heavy atom. The zero-order valence-electron chi connectivity index (χ0n) is 26.7. The monoisotopic (exact) mass is 602 g/mol. The van der Waals surface area contributed by atoms with Crippen LogP contribution < -0.4 is 14.4 Å². The minimum atomic E-state index is -0.501. The van der Waals surface area contributed by atoms with Crippen molar-refractivity contribution in [3.8, 4) is 11.5 Å². The summed E-state index contributed by atoms with van der Waals surface area (Å²) in [6, 6.07) is 33.9. The van der Waals surface area contributed by atoms with Crippen LogP contribution in [0.5, 0.6) is 11.5 Å². The molecule has 0 bridgehead atoms. The van der Waals surface area contributed by atoms with Crippen molar-refractivity contribution >= 4 is 22.9 Å². The largest absolute Gasteiger partial charge is 0.496 e. The van der Waals surface area contributed by atoms with E-state index >= 15 is 0 Å². The number of fused-ring (bicyclic) bond motifs is 1. The molecule has 6 heteroatoms. The molecule has 1 saturated heterocycles. The van der Waals surface area contributed by atoms with Crippen LogP contribution in [-0.4, -0.2) is 49.9 Å². The van der Waals surface area contributed by atoms with E-state index in [1.54, 1.807) is 12.0 Å². The first-order valence-electron chi connectivity index (χ1n) is 15.8. The lowest BCUT2D eigenvalue weighted by molar-refractivity contribution is 0.0240. The molecule has 1 aliphatic heterocycles. The summed E-state index contributed by atoms with van der Waals surface area (Å²) in [7, 11) is 1.75. The summed E-state index contributed by atoms with van der Waals surface area (Å²) in [4.78, 5) is 16.7. The van der Waals surface area contributed by atoms with Crippen LogP contribution in [0.25, 0.3) is 11.1 Å². The number of methoxy groups -OCH3 is 1. The van der Waals surface area contributed by atoms with Gasteiger partial charge in [0.05, 0.1) is 7.11 Å². The molecule has 6 rings (SSSR count). The van der Waals surface area contributed by atoms with Gasteiger partial charge in [0.25, 0.3) is 0 Å². The number of anilines is 1. The molecule has 1 heterocycles. The molecular weight excluding hydrogens is 560 g/mol. The molecule has 0 N–H and O–H groups in total. The number of ether oxygens (including phenoxy) is 3. The first kappa shape index (κ1) is 30.3. The summed E-state index contributed by atoms with van der Waals surface area (Å²) >= 11 is 0. The van der Waals surface area contributed by atoms with Crippen molar-refractivity contribution in [1.82, 2.24) is 4.90 Å². The normalized spacial score (nSPS) is 15.0. The summed E-state index contributed by atoms with van der Waals surface area (Å²) in [5.74, 6) is 1.72. The molecule has 6 nitrogen and oxygen atoms in total. The Labute approximate surface area is 266 Å². The highest BCUT2D eigenvalue weighted by molar-refractivity contribution is 6.02. The number of aryl methyl sites for hydroxylation is 1. The Hall–Kier alpha value is -4.71. The van der Waals surface area contributed by atoms with Crippen LogP contribution >= 0.6 is 0 Å². The summed E-state index contributed by atoms with van der Waals surface area (Å²) in [5, 5.41) is 0. The Morgan fingerprint density at radius 1 is 0.778 bits per heavy atom. The zero-order chi connectivity index (χ0) is 31.4. The van der Waals surface area contributed by atoms with Crippen LogP contribution in [0, 0.1) is 0 Å². The highest BCUT2D eigenvalue weighted by Gasteiger charge is 2.28. The Kier molecular flexibility index (Phi) is 8.83. The standard InChI is InChI=1S/C39H42N2O4/c1-39(2,3)45-38(42)41-23-21-40(22-24-41)31-16-19-35(36(26-31)43-4)37-33(29-13-9-6-10-14-29)18-15-30-25-32(17-20-34(30)37)44-27-28-11-7-5-8-12-28/h5-14,16-17,19-20,25-26H,15,18,21-24,27H2,1-4H3. The van der Waals surface area contributed by atoms with Crippen molar-refractivity contribution < 1.29 is 19.0 Å². The van der Waals surface area contributed by atoms with Gasteiger partial charge in [-0.3, -0.25) is 0 Å². The van der Waals surface area contributed by atoms with Crippen LogP contribution in [0.2, 0.25) is 0 Å². The number of allylic oxidation sites excluding steroid dienone is 1. The number of hydrogen-bond donors (Lipinski definition) is 0. The van der Waals surface area contributed by atoms with Gasteiger partial charge in [-0.2, -0.15) is 0 Å². The number of piperazine rings is 1. The maximum Gasteiger partial charge on any atom is 0.410 e. The van der Waals surface area contributed by atoms with E-state index in [9.17, 15) is 4.79 Å². The summed E-state index contributed by atoms with van der Waals surface area (Å²) < 4.78 is 17.9. The molecule has 4 aromatic carbocycles. The molecule has 1 fully saturated rings. The molecule has 1 amide bonds. The highest BCUT2D eigenvalue weighted by atomic mass is 16.6. The van der Waals surface area contributed by atoms with Gasteiger partial charge in [-0.15, -0.1) is 0 Å². The number of rotatable bonds is 7. The predicted molar refractivity (Wildman–Crippen MR) is 181 cm³/mol. The first-order chi connectivity index (χ1) is 21.8. The number of carbonyl (C=O) groups excluding carboxylic acids is 1. The minimum Gasteiger partial charge on any atom is -0.496 e. The third-order valence-corrected chi connectivity index (χ3v) is 8.41. The molecule has 232 valence electrons. The molecule has 0 spiro atoms. The van der Waals surface area contributed by atoms with Crippen LogP contribution in [0.1, 0.15) is 55.0 Å². The van der Waals surface area contributed by atoms with Crippen molar-refractivity contribution in [2.45, 2.75) is 45.8 Å². The average Bonchev–Trinajstić information content (AvgIpc) is 3.06. The number of amides is 1. The van der Waals surface area contributed by atoms with Crippen LogP contribution in [0.3, 0.4) is 0 Å². The average molecular weight is 603 g/mol. The van der Waals surface area contributed by atoms with Gasteiger partial charge in [0.1, 0.15) is 23.7 Å². The van der Waals surface area contributed by atoms with Gasteiger partial charge in [-0.05, 0) is 91.3 Å². The van der Waals surface area contributed by atoms with Crippen molar-refractivity contribution in [3.05, 3.63) is 125 Å². The molecule has 1 aliphatic carbocycles. The maximum absolute atomic E-state index is 12.6. The van der Waals surface area contributed by atoms with Gasteiger partial charge in [0.2, 0.25) is 0 Å². The SMILES string of the molecule is COc1cc(N2CCN(C(=O)OC(C)(C)C)CC2)ccc1C1=C(c2ccccc2)CCc2cc(OCc3ccccc3)ccc21. The predicted octanol–water partition coefficient (Wildman–Crippen LogP) is 8.24. The number of benzene rings is 4. The minimum absolute atomic E-state index is 0.250. The smallest absolute Gasteiger partial charge is 0.410 e. The molecule has 0 aromatic heterocycles. The molecular formula is C39H42N2O4. The Morgan fingerprint density at radius 2 is 1.47 bits per heavy atom. The van der Waals surface area contributed by atoms with Gasteiger partial charge in [-0.1, -0.05) is 66.7 Å². The van der Waals surface area contributed by atoms with E-state index in [2.05, 4.69) is 83.8 Å². The lowest BCUT2D eigenvalue weighted by Gasteiger charge is -2.37. The van der Waals surface area contributed by atoms with E-state index in [1.165, 1.54) is 27.8 Å². The summed E-state index contributed by atoms with van der Waals surface area (Å²) in [5.41, 5.74) is 9.05. The molecule has 0 radical (unpaired) electrons. The van der Waals surface area contributed by atoms with E-state index < -0.39 is 5.60 Å². The zero-order valence-corrected chi connectivity index (χ0v) is 26.7. The third kappa shape index (κ3) is 7.01. The van der Waals surface area contributed by atoms with Crippen molar-refractivity contribution in [2.24, 2.45) is 0 Å². The van der Waals surface area contributed by atoms with Crippen LogP contribution in [0.4, 0.5) is 10.5 Å². The quantitative estimate of drug-likeness (QED) is 0.213. The lowest BCUT2D eigenvalue weighted by Crippen LogP contribution is -2.50. The fourth-order valence-electron chi connectivity index (χ4n) is 6.19. The van der Waals surface area contributed by atoms with E-state index in [-0.39, 0.29) is 6.09 Å². The molecule has 2 aliphatic rings. The number of carbonyl (C=O) groups is 1. The van der Waals surface area contributed by atoms with Gasteiger partial charge in [0.15, 0.2) is 0 Å². The van der Waals surface area contributed by atoms with Crippen molar-refractivity contribution in [2.75, 3.05) is 38.2 Å². The van der Waals surface area contributed by atoms with Crippen LogP contribution in [0.15, 0.2) is 97.1 Å². The van der Waals surface area contributed by atoms with E-state index in [0.29, 0.717) is 19.7 Å². The van der Waals surface area contributed by atoms with Gasteiger partial charge >= 0.3 is 6.09 Å². The third-order valence-electron chi connectivity index (χ3n) is 8.41. The van der Waals surface area contributed by atoms with Crippen molar-refractivity contribution in [1.29, 1.82) is 0 Å². The highest BCUT2D eigenvalue weighted by Crippen LogP contribution is 2.45. The fraction of sp³-hybridized carbons (Fsp3) is 0.308. The molecule has 0 unspecified atom stereocenters. The van der Waals surface area contributed by atoms with E-state index in [0.717, 1.165) is 54.2 Å². The molecule has 0 saturated carbocycles. The fourth-order valence-corrected chi connectivity index (χ4v) is 6.19. The van der Waals surface area contributed by atoms with E-state index in [4.69, 9.17) is 14.2 Å². The second-order valence-electron chi connectivity index (χ2n) is 12.7. The van der Waals surface area contributed by atoms with E-state index in [1.807, 2.05) is 39.0 Å². The Balaban J connectivity index is 1.29. The van der Waals surface area contributed by atoms with Crippen LogP contribution in [-0.2, 0) is 17.8 Å². The number of nitrogens with zero attached hydrogens (tertiary/aromatic N) is 2. The van der Waals surface area contributed by atoms with Crippen molar-refractivity contribution in [3.63, 3.8) is 0 Å². The maximum atomic E-state index is 12.6. The van der Waals surface area contributed by atoms with Gasteiger partial charge in [0, 0.05) is 43.5 Å². The first-order valence-corrected chi connectivity index (χ1v) is 15.8.